The van der Waals surface area contributed by atoms with Crippen molar-refractivity contribution < 1.29 is 15.7 Å². The second kappa shape index (κ2) is 29.6. The molecule has 192 valence electrons. The Labute approximate surface area is 213 Å². The third-order valence-corrected chi connectivity index (χ3v) is 4.45. The SMILES string of the molecule is CN1CCCN(CCN)CCN(CC(N)=O)CCCN(C)CC1.Cl.Cl.Cl.Cl.Cl.O.O. The number of amides is 1. The maximum absolute atomic E-state index is 11.3. The van der Waals surface area contributed by atoms with Gasteiger partial charge < -0.3 is 37.1 Å². The first-order valence-corrected chi connectivity index (χ1v) is 8.81. The molecule has 0 atom stereocenters. The van der Waals surface area contributed by atoms with Crippen LogP contribution in [-0.4, -0.2) is 123 Å². The molecule has 0 aromatic carbocycles. The summed E-state index contributed by atoms with van der Waals surface area (Å²) in [6.07, 6.45) is 2.21. The topological polar surface area (TPSA) is 145 Å². The van der Waals surface area contributed by atoms with E-state index in [2.05, 4.69) is 33.7 Å². The van der Waals surface area contributed by atoms with Crippen LogP contribution in [0.5, 0.6) is 0 Å². The summed E-state index contributed by atoms with van der Waals surface area (Å²) in [6.45, 7) is 10.1. The standard InChI is InChI=1S/C16H36N6O.5ClH.2H2O/c1-19-6-3-8-21(10-5-17)13-14-22(15-16(18)23)9-4-7-20(2)12-11-19;;;;;;;/h3-15,17H2,1-2H3,(H2,18,23);5*1H;2*1H2. The van der Waals surface area contributed by atoms with Gasteiger partial charge in [-0.25, -0.2) is 0 Å². The quantitative estimate of drug-likeness (QED) is 0.470. The highest BCUT2D eigenvalue weighted by atomic mass is 35.5. The van der Waals surface area contributed by atoms with Crippen molar-refractivity contribution in [2.24, 2.45) is 11.5 Å². The van der Waals surface area contributed by atoms with E-state index in [1.807, 2.05) is 0 Å². The van der Waals surface area contributed by atoms with Crippen LogP contribution in [0.15, 0.2) is 0 Å². The molecule has 1 rings (SSSR count). The van der Waals surface area contributed by atoms with Crippen LogP contribution in [-0.2, 0) is 4.79 Å². The Kier molecular flexibility index (Phi) is 47.6. The van der Waals surface area contributed by atoms with E-state index in [-0.39, 0.29) is 78.9 Å². The maximum atomic E-state index is 11.3. The maximum Gasteiger partial charge on any atom is 0.231 e. The van der Waals surface area contributed by atoms with Crippen LogP contribution in [0.1, 0.15) is 12.8 Å². The minimum atomic E-state index is -0.244. The van der Waals surface area contributed by atoms with E-state index in [0.717, 1.165) is 71.7 Å². The first kappa shape index (κ1) is 48.2. The van der Waals surface area contributed by atoms with Crippen LogP contribution in [0.3, 0.4) is 0 Å². The van der Waals surface area contributed by atoms with Gasteiger partial charge in [-0.3, -0.25) is 9.69 Å². The molecule has 0 radical (unpaired) electrons. The number of likely N-dealkylation sites (N-methyl/N-ethyl adjacent to an activating group) is 2. The Hall–Kier alpha value is 0.640. The molecule has 14 heteroatoms. The van der Waals surface area contributed by atoms with Gasteiger partial charge in [0.15, 0.2) is 0 Å². The van der Waals surface area contributed by atoms with Crippen LogP contribution in [0.25, 0.3) is 0 Å². The third kappa shape index (κ3) is 24.9. The molecule has 8 N–H and O–H groups in total. The molecule has 1 saturated heterocycles. The summed E-state index contributed by atoms with van der Waals surface area (Å²) in [5.41, 5.74) is 11.1. The number of halogens is 5. The van der Waals surface area contributed by atoms with Gasteiger partial charge in [0.05, 0.1) is 6.54 Å². The zero-order chi connectivity index (χ0) is 17.1. The van der Waals surface area contributed by atoms with Crippen molar-refractivity contribution >= 4 is 67.9 Å². The van der Waals surface area contributed by atoms with E-state index in [4.69, 9.17) is 11.5 Å². The van der Waals surface area contributed by atoms with E-state index < -0.39 is 0 Å². The molecular formula is C16H45Cl5N6O3. The van der Waals surface area contributed by atoms with E-state index in [1.54, 1.807) is 0 Å². The van der Waals surface area contributed by atoms with Crippen molar-refractivity contribution in [3.63, 3.8) is 0 Å². The van der Waals surface area contributed by atoms with Gasteiger partial charge >= 0.3 is 0 Å². The Balaban J connectivity index is -0.000000151. The largest absolute Gasteiger partial charge is 0.412 e. The number of nitrogens with zero attached hydrogens (tertiary/aromatic N) is 4. The minimum absolute atomic E-state index is 0. The average molecular weight is 547 g/mol. The zero-order valence-corrected chi connectivity index (χ0v) is 22.2. The van der Waals surface area contributed by atoms with E-state index in [9.17, 15) is 4.79 Å². The molecule has 0 spiro atoms. The van der Waals surface area contributed by atoms with Gasteiger partial charge in [-0.1, -0.05) is 0 Å². The number of primary amides is 1. The highest BCUT2D eigenvalue weighted by Gasteiger charge is 2.13. The van der Waals surface area contributed by atoms with Gasteiger partial charge in [0, 0.05) is 39.3 Å². The number of carbonyl (C=O) groups excluding carboxylic acids is 1. The van der Waals surface area contributed by atoms with Gasteiger partial charge in [-0.2, -0.15) is 0 Å². The molecule has 9 nitrogen and oxygen atoms in total. The van der Waals surface area contributed by atoms with Crippen molar-refractivity contribution in [1.29, 1.82) is 0 Å². The molecule has 1 aliphatic rings. The normalized spacial score (nSPS) is 17.4. The predicted molar refractivity (Wildman–Crippen MR) is 139 cm³/mol. The van der Waals surface area contributed by atoms with E-state index in [1.165, 1.54) is 0 Å². The summed E-state index contributed by atoms with van der Waals surface area (Å²) < 4.78 is 0. The fourth-order valence-corrected chi connectivity index (χ4v) is 2.98. The van der Waals surface area contributed by atoms with E-state index >= 15 is 0 Å². The number of carbonyl (C=O) groups is 1. The van der Waals surface area contributed by atoms with E-state index in [0.29, 0.717) is 13.1 Å². The molecule has 1 aliphatic heterocycles. The number of nitrogens with two attached hydrogens (primary N) is 2. The minimum Gasteiger partial charge on any atom is -0.412 e. The number of hydrogen-bond acceptors (Lipinski definition) is 6. The first-order chi connectivity index (χ1) is 11.0. The molecular weight excluding hydrogens is 501 g/mol. The van der Waals surface area contributed by atoms with Crippen LogP contribution < -0.4 is 11.5 Å². The Morgan fingerprint density at radius 2 is 1.10 bits per heavy atom. The molecule has 0 saturated carbocycles. The van der Waals surface area contributed by atoms with Crippen molar-refractivity contribution in [3.8, 4) is 0 Å². The van der Waals surface area contributed by atoms with Crippen molar-refractivity contribution in [2.45, 2.75) is 12.8 Å². The van der Waals surface area contributed by atoms with Gasteiger partial charge in [0.25, 0.3) is 0 Å². The molecule has 1 amide bonds. The van der Waals surface area contributed by atoms with Crippen molar-refractivity contribution in [3.05, 3.63) is 0 Å². The molecule has 0 bridgehead atoms. The van der Waals surface area contributed by atoms with Crippen LogP contribution in [0, 0.1) is 0 Å². The number of hydrogen-bond donors (Lipinski definition) is 2. The predicted octanol–water partition coefficient (Wildman–Crippen LogP) is -0.849. The van der Waals surface area contributed by atoms with Crippen LogP contribution in [0.4, 0.5) is 0 Å². The summed E-state index contributed by atoms with van der Waals surface area (Å²) in [4.78, 5) is 20.6. The van der Waals surface area contributed by atoms with Gasteiger partial charge in [0.2, 0.25) is 5.91 Å². The lowest BCUT2D eigenvalue weighted by Crippen LogP contribution is -2.43. The Bertz CT molecular complexity index is 354. The van der Waals surface area contributed by atoms with Crippen molar-refractivity contribution in [1.82, 2.24) is 19.6 Å². The van der Waals surface area contributed by atoms with Gasteiger partial charge in [-0.05, 0) is 53.1 Å². The second-order valence-corrected chi connectivity index (χ2v) is 6.69. The fraction of sp³-hybridized carbons (Fsp3) is 0.938. The summed E-state index contributed by atoms with van der Waals surface area (Å²) in [5, 5.41) is 0. The summed E-state index contributed by atoms with van der Waals surface area (Å²) in [5.74, 6) is -0.244. The Morgan fingerprint density at radius 3 is 1.50 bits per heavy atom. The molecule has 0 aliphatic carbocycles. The molecule has 1 heterocycles. The Morgan fingerprint density at radius 1 is 0.700 bits per heavy atom. The summed E-state index contributed by atoms with van der Waals surface area (Å²) in [6, 6.07) is 0. The lowest BCUT2D eigenvalue weighted by molar-refractivity contribution is -0.119. The van der Waals surface area contributed by atoms with Crippen LogP contribution >= 0.6 is 62.0 Å². The first-order valence-electron chi connectivity index (χ1n) is 8.81. The van der Waals surface area contributed by atoms with Gasteiger partial charge in [0.1, 0.15) is 0 Å². The average Bonchev–Trinajstić information content (AvgIpc) is 2.49. The highest BCUT2D eigenvalue weighted by Crippen LogP contribution is 2.00. The molecule has 0 aromatic heterocycles. The third-order valence-electron chi connectivity index (χ3n) is 4.45. The summed E-state index contributed by atoms with van der Waals surface area (Å²) in [7, 11) is 4.36. The second-order valence-electron chi connectivity index (χ2n) is 6.69. The lowest BCUT2D eigenvalue weighted by atomic mass is 10.3. The smallest absolute Gasteiger partial charge is 0.231 e. The number of rotatable bonds is 4. The fourth-order valence-electron chi connectivity index (χ4n) is 2.98. The highest BCUT2D eigenvalue weighted by molar-refractivity contribution is 5.86. The molecule has 30 heavy (non-hydrogen) atoms. The van der Waals surface area contributed by atoms with Gasteiger partial charge in [-0.15, -0.1) is 62.0 Å². The van der Waals surface area contributed by atoms with Crippen LogP contribution in [0.2, 0.25) is 0 Å². The van der Waals surface area contributed by atoms with Crippen molar-refractivity contribution in [2.75, 3.05) is 86.1 Å². The molecule has 0 aromatic rings. The molecule has 1 fully saturated rings. The molecule has 0 unspecified atom stereocenters. The zero-order valence-electron chi connectivity index (χ0n) is 18.1. The lowest BCUT2D eigenvalue weighted by Gasteiger charge is -2.29. The summed E-state index contributed by atoms with van der Waals surface area (Å²) >= 11 is 0. The monoisotopic (exact) mass is 544 g/mol.